The number of aliphatic hydroxyl groups is 1. The molecule has 0 aliphatic carbocycles. The van der Waals surface area contributed by atoms with Crippen molar-refractivity contribution in [3.8, 4) is 0 Å². The molecular weight excluding hydrogens is 260 g/mol. The van der Waals surface area contributed by atoms with Crippen LogP contribution in [-0.4, -0.2) is 43.2 Å². The summed E-state index contributed by atoms with van der Waals surface area (Å²) < 4.78 is 0. The third kappa shape index (κ3) is 3.41. The van der Waals surface area contributed by atoms with E-state index in [-0.39, 0.29) is 0 Å². The maximum Gasteiger partial charge on any atom is 0.0762 e. The van der Waals surface area contributed by atoms with Gasteiger partial charge in [-0.15, -0.1) is 0 Å². The van der Waals surface area contributed by atoms with Crippen molar-refractivity contribution < 1.29 is 5.11 Å². The van der Waals surface area contributed by atoms with Crippen LogP contribution in [0.4, 0.5) is 5.69 Å². The highest BCUT2D eigenvalue weighted by Crippen LogP contribution is 2.31. The van der Waals surface area contributed by atoms with Gasteiger partial charge in [0, 0.05) is 13.1 Å². The van der Waals surface area contributed by atoms with Crippen molar-refractivity contribution in [3.05, 3.63) is 28.8 Å². The molecule has 1 aromatic carbocycles. The Kier molecular flexibility index (Phi) is 4.71. The number of nitrogens with zero attached hydrogens (tertiary/aromatic N) is 2. The molecule has 1 aliphatic heterocycles. The van der Waals surface area contributed by atoms with Crippen molar-refractivity contribution in [2.45, 2.75) is 31.9 Å². The van der Waals surface area contributed by atoms with Crippen LogP contribution in [-0.2, 0) is 0 Å². The molecule has 1 N–H and O–H groups in total. The topological polar surface area (TPSA) is 26.7 Å². The third-order valence-corrected chi connectivity index (χ3v) is 4.37. The quantitative estimate of drug-likeness (QED) is 0.923. The molecule has 1 atom stereocenters. The van der Waals surface area contributed by atoms with Gasteiger partial charge in [0.05, 0.1) is 16.8 Å². The van der Waals surface area contributed by atoms with Gasteiger partial charge in [-0.2, -0.15) is 0 Å². The predicted molar refractivity (Wildman–Crippen MR) is 81.0 cm³/mol. The van der Waals surface area contributed by atoms with Gasteiger partial charge < -0.3 is 14.9 Å². The number of aliphatic hydroxyl groups excluding tert-OH is 1. The van der Waals surface area contributed by atoms with Crippen LogP contribution in [0.25, 0.3) is 0 Å². The average molecular weight is 283 g/mol. The molecule has 0 saturated carbocycles. The molecule has 106 valence electrons. The molecule has 1 heterocycles. The first-order valence-corrected chi connectivity index (χ1v) is 7.25. The van der Waals surface area contributed by atoms with Gasteiger partial charge in [-0.05, 0) is 57.6 Å². The molecule has 0 aromatic heterocycles. The van der Waals surface area contributed by atoms with Crippen LogP contribution in [0.15, 0.2) is 18.2 Å². The summed E-state index contributed by atoms with van der Waals surface area (Å²) in [5.74, 6) is 0. The van der Waals surface area contributed by atoms with E-state index >= 15 is 0 Å². The zero-order valence-corrected chi connectivity index (χ0v) is 12.7. The summed E-state index contributed by atoms with van der Waals surface area (Å²) in [7, 11) is 4.28. The Morgan fingerprint density at radius 1 is 1.37 bits per heavy atom. The predicted octanol–water partition coefficient (Wildman–Crippen LogP) is 2.92. The van der Waals surface area contributed by atoms with Gasteiger partial charge in [0.25, 0.3) is 0 Å². The second-order valence-corrected chi connectivity index (χ2v) is 5.94. The van der Waals surface area contributed by atoms with Crippen LogP contribution in [0.2, 0.25) is 5.02 Å². The van der Waals surface area contributed by atoms with Gasteiger partial charge in [0.15, 0.2) is 0 Å². The maximum absolute atomic E-state index is 9.58. The highest BCUT2D eigenvalue weighted by atomic mass is 35.5. The minimum Gasteiger partial charge on any atom is -0.389 e. The van der Waals surface area contributed by atoms with E-state index in [2.05, 4.69) is 23.9 Å². The molecule has 2 rings (SSSR count). The van der Waals surface area contributed by atoms with Gasteiger partial charge in [0.2, 0.25) is 0 Å². The van der Waals surface area contributed by atoms with Gasteiger partial charge in [-0.1, -0.05) is 17.7 Å². The first-order valence-electron chi connectivity index (χ1n) is 6.88. The normalized spacial score (nSPS) is 19.4. The molecule has 1 aliphatic rings. The highest BCUT2D eigenvalue weighted by molar-refractivity contribution is 6.33. The van der Waals surface area contributed by atoms with Crippen molar-refractivity contribution in [1.82, 2.24) is 4.90 Å². The third-order valence-electron chi connectivity index (χ3n) is 4.07. The van der Waals surface area contributed by atoms with Crippen molar-refractivity contribution in [3.63, 3.8) is 0 Å². The maximum atomic E-state index is 9.58. The van der Waals surface area contributed by atoms with Crippen molar-refractivity contribution >= 4 is 17.3 Å². The smallest absolute Gasteiger partial charge is 0.0762 e. The number of hydrogen-bond donors (Lipinski definition) is 1. The van der Waals surface area contributed by atoms with Crippen molar-refractivity contribution in [2.24, 2.45) is 0 Å². The highest BCUT2D eigenvalue weighted by Gasteiger charge is 2.22. The monoisotopic (exact) mass is 282 g/mol. The number of rotatable bonds is 3. The SMILES string of the molecule is C[C@H](O)c1ccc(N(C)C2CCN(C)CC2)c(Cl)c1. The largest absolute Gasteiger partial charge is 0.389 e. The van der Waals surface area contributed by atoms with E-state index in [0.717, 1.165) is 29.4 Å². The minimum atomic E-state index is -0.472. The summed E-state index contributed by atoms with van der Waals surface area (Å²) in [6.07, 6.45) is 1.86. The molecule has 1 aromatic rings. The van der Waals surface area contributed by atoms with Crippen molar-refractivity contribution in [2.75, 3.05) is 32.1 Å². The molecule has 0 bridgehead atoms. The summed E-state index contributed by atoms with van der Waals surface area (Å²) in [5, 5.41) is 10.3. The van der Waals surface area contributed by atoms with E-state index in [0.29, 0.717) is 6.04 Å². The van der Waals surface area contributed by atoms with Gasteiger partial charge >= 0.3 is 0 Å². The number of anilines is 1. The Hall–Kier alpha value is -0.770. The van der Waals surface area contributed by atoms with Gasteiger partial charge in [0.1, 0.15) is 0 Å². The summed E-state index contributed by atoms with van der Waals surface area (Å²) in [4.78, 5) is 4.64. The Morgan fingerprint density at radius 2 is 2.00 bits per heavy atom. The molecular formula is C15H23ClN2O. The Morgan fingerprint density at radius 3 is 2.53 bits per heavy atom. The Balaban J connectivity index is 2.12. The second-order valence-electron chi connectivity index (χ2n) is 5.53. The average Bonchev–Trinajstić information content (AvgIpc) is 2.38. The summed E-state index contributed by atoms with van der Waals surface area (Å²) in [5.41, 5.74) is 1.92. The Labute approximate surface area is 120 Å². The van der Waals surface area contributed by atoms with E-state index in [1.54, 1.807) is 6.92 Å². The van der Waals surface area contributed by atoms with Gasteiger partial charge in [-0.25, -0.2) is 0 Å². The zero-order valence-electron chi connectivity index (χ0n) is 11.9. The first-order chi connectivity index (χ1) is 8.99. The number of piperidine rings is 1. The lowest BCUT2D eigenvalue weighted by molar-refractivity contribution is 0.199. The number of likely N-dealkylation sites (tertiary alicyclic amines) is 1. The molecule has 0 radical (unpaired) electrons. The van der Waals surface area contributed by atoms with Crippen LogP contribution in [0.3, 0.4) is 0 Å². The van der Waals surface area contributed by atoms with E-state index < -0.39 is 6.10 Å². The number of hydrogen-bond acceptors (Lipinski definition) is 3. The second kappa shape index (κ2) is 6.12. The zero-order chi connectivity index (χ0) is 14.0. The standard InChI is InChI=1S/C15H23ClN2O/c1-11(19)12-4-5-15(14(16)10-12)18(3)13-6-8-17(2)9-7-13/h4-5,10-11,13,19H,6-9H2,1-3H3/t11-/m0/s1. The van der Waals surface area contributed by atoms with E-state index in [4.69, 9.17) is 11.6 Å². The van der Waals surface area contributed by atoms with E-state index in [1.165, 1.54) is 12.8 Å². The van der Waals surface area contributed by atoms with Crippen LogP contribution >= 0.6 is 11.6 Å². The van der Waals surface area contributed by atoms with Crippen LogP contribution in [0.5, 0.6) is 0 Å². The fourth-order valence-electron chi connectivity index (χ4n) is 2.65. The van der Waals surface area contributed by atoms with Gasteiger partial charge in [-0.3, -0.25) is 0 Å². The fraction of sp³-hybridized carbons (Fsp3) is 0.600. The summed E-state index contributed by atoms with van der Waals surface area (Å²) in [6, 6.07) is 6.39. The van der Waals surface area contributed by atoms with Crippen LogP contribution < -0.4 is 4.90 Å². The molecule has 0 unspecified atom stereocenters. The number of halogens is 1. The first kappa shape index (κ1) is 14.6. The summed E-state index contributed by atoms with van der Waals surface area (Å²) >= 11 is 6.35. The van der Waals surface area contributed by atoms with Crippen LogP contribution in [0, 0.1) is 0 Å². The lowest BCUT2D eigenvalue weighted by Crippen LogP contribution is -2.42. The van der Waals surface area contributed by atoms with Crippen LogP contribution in [0.1, 0.15) is 31.4 Å². The molecule has 4 heteroatoms. The summed E-state index contributed by atoms with van der Waals surface area (Å²) in [6.45, 7) is 4.03. The molecule has 19 heavy (non-hydrogen) atoms. The van der Waals surface area contributed by atoms with E-state index in [9.17, 15) is 5.11 Å². The fourth-order valence-corrected chi connectivity index (χ4v) is 2.97. The lowest BCUT2D eigenvalue weighted by atomic mass is 10.0. The lowest BCUT2D eigenvalue weighted by Gasteiger charge is -2.36. The molecule has 3 nitrogen and oxygen atoms in total. The minimum absolute atomic E-state index is 0.472. The Bertz CT molecular complexity index is 428. The van der Waals surface area contributed by atoms with E-state index in [1.807, 2.05) is 18.2 Å². The molecule has 1 fully saturated rings. The molecule has 1 saturated heterocycles. The molecule has 0 amide bonds. The molecule has 0 spiro atoms. The number of benzene rings is 1. The van der Waals surface area contributed by atoms with Crippen molar-refractivity contribution in [1.29, 1.82) is 0 Å².